The van der Waals surface area contributed by atoms with Crippen LogP contribution in [0.3, 0.4) is 0 Å². The van der Waals surface area contributed by atoms with Gasteiger partial charge in [0.1, 0.15) is 18.4 Å². The number of fused-ring (bicyclic) bond motifs is 1. The molecule has 0 aliphatic carbocycles. The molecule has 1 aromatic carbocycles. The zero-order chi connectivity index (χ0) is 22.1. The predicted molar refractivity (Wildman–Crippen MR) is 118 cm³/mol. The minimum Gasteiger partial charge on any atom is -0.443 e. The molecule has 30 heavy (non-hydrogen) atoms. The van der Waals surface area contributed by atoms with E-state index in [1.165, 1.54) is 29.2 Å². The van der Waals surface area contributed by atoms with Crippen molar-refractivity contribution in [1.82, 2.24) is 9.55 Å². The average molecular weight is 428 g/mol. The number of hydrogen-bond acceptors (Lipinski definition) is 7. The van der Waals surface area contributed by atoms with Crippen molar-refractivity contribution >= 4 is 39.8 Å². The molecule has 8 heteroatoms. The monoisotopic (exact) mass is 427 g/mol. The van der Waals surface area contributed by atoms with E-state index >= 15 is 0 Å². The molecule has 0 saturated carbocycles. The van der Waals surface area contributed by atoms with Crippen molar-refractivity contribution in [2.24, 2.45) is 11.1 Å². The molecule has 0 spiro atoms. The van der Waals surface area contributed by atoms with Gasteiger partial charge in [0.05, 0.1) is 16.8 Å². The van der Waals surface area contributed by atoms with Crippen LogP contribution in [0.2, 0.25) is 0 Å². The smallest absolute Gasteiger partial charge is 0.419 e. The van der Waals surface area contributed by atoms with E-state index in [2.05, 4.69) is 10.1 Å². The minimum absolute atomic E-state index is 0.0871. The Morgan fingerprint density at radius 3 is 2.53 bits per heavy atom. The number of carbonyl (C=O) groups excluding carboxylic acids is 2. The van der Waals surface area contributed by atoms with Crippen LogP contribution >= 0.6 is 11.3 Å². The number of ether oxygens (including phenoxy) is 1. The van der Waals surface area contributed by atoms with Crippen LogP contribution in [0.1, 0.15) is 55.7 Å². The van der Waals surface area contributed by atoms with E-state index in [0.717, 1.165) is 0 Å². The van der Waals surface area contributed by atoms with Gasteiger partial charge in [0.15, 0.2) is 5.01 Å². The van der Waals surface area contributed by atoms with Crippen LogP contribution in [0.25, 0.3) is 10.9 Å². The largest absolute Gasteiger partial charge is 0.443 e. The molecule has 0 aliphatic heterocycles. The zero-order valence-corrected chi connectivity index (χ0v) is 18.7. The van der Waals surface area contributed by atoms with E-state index in [0.29, 0.717) is 32.9 Å². The lowest BCUT2D eigenvalue weighted by Gasteiger charge is -2.19. The topological polar surface area (TPSA) is 82.8 Å². The van der Waals surface area contributed by atoms with E-state index in [1.807, 2.05) is 32.0 Å². The number of carbonyl (C=O) groups is 2. The molecule has 7 nitrogen and oxygen atoms in total. The normalized spacial score (nSPS) is 12.4. The summed E-state index contributed by atoms with van der Waals surface area (Å²) in [6, 6.07) is 7.23. The molecular weight excluding hydrogens is 402 g/mol. The van der Waals surface area contributed by atoms with Gasteiger partial charge in [0.2, 0.25) is 5.78 Å². The summed E-state index contributed by atoms with van der Waals surface area (Å²) >= 11 is 1.24. The highest BCUT2D eigenvalue weighted by Gasteiger charge is 2.25. The van der Waals surface area contributed by atoms with E-state index < -0.39 is 11.7 Å². The Kier molecular flexibility index (Phi) is 6.07. The van der Waals surface area contributed by atoms with Crippen molar-refractivity contribution in [3.05, 3.63) is 52.1 Å². The second-order valence-electron chi connectivity index (χ2n) is 8.09. The number of thiazole rings is 1. The Balaban J connectivity index is 2.03. The fraction of sp³-hybridized carbons (Fsp3) is 0.364. The number of para-hydroxylation sites is 1. The molecule has 0 atom stereocenters. The number of rotatable bonds is 5. The van der Waals surface area contributed by atoms with Gasteiger partial charge in [-0.25, -0.2) is 9.78 Å². The summed E-state index contributed by atoms with van der Waals surface area (Å²) in [5.41, 5.74) is 1.63. The first kappa shape index (κ1) is 21.7. The molecule has 0 radical (unpaired) electrons. The Morgan fingerprint density at radius 2 is 1.90 bits per heavy atom. The molecule has 0 N–H and O–H groups in total. The average Bonchev–Trinajstić information content (AvgIpc) is 3.29. The van der Waals surface area contributed by atoms with Gasteiger partial charge in [-0.3, -0.25) is 9.36 Å². The fourth-order valence-corrected chi connectivity index (χ4v) is 3.74. The van der Waals surface area contributed by atoms with E-state index in [4.69, 9.17) is 9.57 Å². The van der Waals surface area contributed by atoms with Crippen LogP contribution in [0.4, 0.5) is 4.79 Å². The van der Waals surface area contributed by atoms with Crippen LogP contribution in [0, 0.1) is 5.92 Å². The van der Waals surface area contributed by atoms with Gasteiger partial charge in [0, 0.05) is 22.9 Å². The molecule has 0 saturated heterocycles. The summed E-state index contributed by atoms with van der Waals surface area (Å²) < 4.78 is 6.86. The van der Waals surface area contributed by atoms with Crippen molar-refractivity contribution in [3.63, 3.8) is 0 Å². The Labute approximate surface area is 179 Å². The number of aromatic nitrogens is 2. The summed E-state index contributed by atoms with van der Waals surface area (Å²) in [5, 5.41) is 6.81. The first-order valence-electron chi connectivity index (χ1n) is 9.57. The quantitative estimate of drug-likeness (QED) is 0.321. The van der Waals surface area contributed by atoms with Crippen molar-refractivity contribution in [2.75, 3.05) is 7.11 Å². The van der Waals surface area contributed by atoms with Crippen LogP contribution in [-0.2, 0) is 9.57 Å². The van der Waals surface area contributed by atoms with Gasteiger partial charge >= 0.3 is 6.09 Å². The summed E-state index contributed by atoms with van der Waals surface area (Å²) in [5.74, 6) is -0.172. The lowest BCUT2D eigenvalue weighted by atomic mass is 10.1. The van der Waals surface area contributed by atoms with Gasteiger partial charge in [-0.1, -0.05) is 37.2 Å². The Hall–Kier alpha value is -3.00. The van der Waals surface area contributed by atoms with Gasteiger partial charge in [-0.2, -0.15) is 0 Å². The fourth-order valence-electron chi connectivity index (χ4n) is 2.98. The molecule has 0 fully saturated rings. The molecular formula is C22H25N3O4S. The second-order valence-corrected chi connectivity index (χ2v) is 8.95. The summed E-state index contributed by atoms with van der Waals surface area (Å²) in [4.78, 5) is 35.3. The van der Waals surface area contributed by atoms with Crippen molar-refractivity contribution in [2.45, 2.75) is 40.2 Å². The molecule has 3 rings (SSSR count). The molecule has 158 valence electrons. The Bertz CT molecular complexity index is 1120. The minimum atomic E-state index is -0.648. The molecule has 0 bridgehead atoms. The van der Waals surface area contributed by atoms with Crippen molar-refractivity contribution in [3.8, 4) is 0 Å². The highest BCUT2D eigenvalue weighted by atomic mass is 32.1. The third-order valence-electron chi connectivity index (χ3n) is 4.24. The van der Waals surface area contributed by atoms with E-state index in [1.54, 1.807) is 32.2 Å². The number of benzene rings is 1. The number of ketones is 1. The lowest BCUT2D eigenvalue weighted by molar-refractivity contribution is 0.0544. The summed E-state index contributed by atoms with van der Waals surface area (Å²) in [6.07, 6.45) is 0.987. The van der Waals surface area contributed by atoms with Gasteiger partial charge < -0.3 is 9.57 Å². The lowest BCUT2D eigenvalue weighted by Crippen LogP contribution is -2.26. The number of hydrogen-bond donors (Lipinski definition) is 0. The first-order valence-corrected chi connectivity index (χ1v) is 10.5. The summed E-state index contributed by atoms with van der Waals surface area (Å²) in [7, 11) is 1.48. The Morgan fingerprint density at radius 1 is 1.20 bits per heavy atom. The third-order valence-corrected chi connectivity index (χ3v) is 5.09. The van der Waals surface area contributed by atoms with Crippen molar-refractivity contribution in [1.29, 1.82) is 0 Å². The molecule has 2 aromatic heterocycles. The van der Waals surface area contributed by atoms with Gasteiger partial charge in [-0.15, -0.1) is 11.3 Å². The van der Waals surface area contributed by atoms with Gasteiger partial charge in [-0.05, 0) is 26.8 Å². The van der Waals surface area contributed by atoms with E-state index in [9.17, 15) is 9.59 Å². The first-order chi connectivity index (χ1) is 14.1. The molecule has 3 aromatic rings. The van der Waals surface area contributed by atoms with Gasteiger partial charge in [0.25, 0.3) is 0 Å². The highest BCUT2D eigenvalue weighted by Crippen LogP contribution is 2.26. The molecule has 0 amide bonds. The maximum atomic E-state index is 13.3. The number of nitrogens with zero attached hydrogens (tertiary/aromatic N) is 3. The van der Waals surface area contributed by atoms with Crippen LogP contribution in [0.5, 0.6) is 0 Å². The molecule has 2 heterocycles. The van der Waals surface area contributed by atoms with E-state index in [-0.39, 0.29) is 11.7 Å². The molecule has 0 aliphatic rings. The standard InChI is InChI=1S/C22H25N3O4S/c1-13(2)18(24-28-6)16-12-30-20(23-16)19(26)15-11-25(21(27)29-22(3,4)5)17-10-8-7-9-14(15)17/h7-13H,1-6H3. The highest BCUT2D eigenvalue weighted by molar-refractivity contribution is 7.12. The zero-order valence-electron chi connectivity index (χ0n) is 17.9. The SMILES string of the molecule is CON=C(c1csc(C(=O)c2cn(C(=O)OC(C)(C)C)c3ccccc23)n1)C(C)C. The van der Waals surface area contributed by atoms with Crippen LogP contribution in [0.15, 0.2) is 41.0 Å². The summed E-state index contributed by atoms with van der Waals surface area (Å²) in [6.45, 7) is 9.36. The maximum absolute atomic E-state index is 13.3. The van der Waals surface area contributed by atoms with Crippen molar-refractivity contribution < 1.29 is 19.2 Å². The number of oxime groups is 1. The molecule has 0 unspecified atom stereocenters. The maximum Gasteiger partial charge on any atom is 0.419 e. The van der Waals surface area contributed by atoms with Crippen LogP contribution in [-0.4, -0.2) is 39.9 Å². The predicted octanol–water partition coefficient (Wildman–Crippen LogP) is 5.12. The van der Waals surface area contributed by atoms with Crippen LogP contribution < -0.4 is 0 Å². The third kappa shape index (κ3) is 4.43. The second kappa shape index (κ2) is 8.39.